The van der Waals surface area contributed by atoms with Crippen LogP contribution in [0.1, 0.15) is 34.1 Å². The van der Waals surface area contributed by atoms with Crippen molar-refractivity contribution in [2.45, 2.75) is 45.3 Å². The summed E-state index contributed by atoms with van der Waals surface area (Å²) in [5.74, 6) is -0.221. The van der Waals surface area contributed by atoms with Crippen LogP contribution in [0.15, 0.2) is 11.2 Å². The number of hydrogen-bond acceptors (Lipinski definition) is 6. The second-order valence-electron chi connectivity index (χ2n) is 7.63. The average molecular weight is 401 g/mol. The van der Waals surface area contributed by atoms with E-state index in [9.17, 15) is 9.59 Å². The Morgan fingerprint density at radius 3 is 2.62 bits per heavy atom. The highest BCUT2D eigenvalue weighted by Gasteiger charge is 2.30. The number of thioether (sulfide) groups is 1. The summed E-state index contributed by atoms with van der Waals surface area (Å²) in [6.07, 6.45) is 0.520. The average Bonchev–Trinajstić information content (AvgIpc) is 2.50. The third-order valence-electron chi connectivity index (χ3n) is 3.94. The van der Waals surface area contributed by atoms with Crippen molar-refractivity contribution in [1.82, 2.24) is 14.9 Å². The van der Waals surface area contributed by atoms with E-state index in [1.54, 1.807) is 6.07 Å². The van der Waals surface area contributed by atoms with Gasteiger partial charge in [0.15, 0.2) is 5.16 Å². The monoisotopic (exact) mass is 400 g/mol. The summed E-state index contributed by atoms with van der Waals surface area (Å²) in [6, 6.07) is 1.73. The minimum Gasteiger partial charge on any atom is -0.481 e. The Morgan fingerprint density at radius 1 is 1.35 bits per heavy atom. The molecule has 1 atom stereocenters. The number of carboxylic acids is 1. The highest BCUT2D eigenvalue weighted by molar-refractivity contribution is 7.99. The molecule has 1 aromatic rings. The van der Waals surface area contributed by atoms with E-state index in [2.05, 4.69) is 35.6 Å². The van der Waals surface area contributed by atoms with Gasteiger partial charge in [-0.1, -0.05) is 44.1 Å². The normalized spacial score (nSPS) is 18.1. The van der Waals surface area contributed by atoms with Crippen molar-refractivity contribution < 1.29 is 14.7 Å². The third-order valence-corrected chi connectivity index (χ3v) is 4.96. The highest BCUT2D eigenvalue weighted by Crippen LogP contribution is 2.26. The second kappa shape index (κ2) is 8.43. The quantitative estimate of drug-likeness (QED) is 0.462. The minimum atomic E-state index is -0.931. The first-order chi connectivity index (χ1) is 12.0. The first kappa shape index (κ1) is 20.8. The molecule has 0 saturated carbocycles. The standard InChI is InChI=1S/C17H25ClN4O3S/c1-11-9-21(5-6-22(11)14(23)8-17(2,3)4)13-7-12(18)19-16(20-13)26-10-15(24)25/h7,11H,5-6,8-10H2,1-4H3,(H,24,25). The maximum absolute atomic E-state index is 12.5. The number of carboxylic acid groups (broad SMARTS) is 1. The third kappa shape index (κ3) is 6.02. The molecule has 0 bridgehead atoms. The zero-order valence-corrected chi connectivity index (χ0v) is 17.1. The number of nitrogens with zero attached hydrogens (tertiary/aromatic N) is 4. The van der Waals surface area contributed by atoms with Crippen LogP contribution in [0.2, 0.25) is 5.15 Å². The summed E-state index contributed by atoms with van der Waals surface area (Å²) >= 11 is 7.11. The van der Waals surface area contributed by atoms with Gasteiger partial charge in [0, 0.05) is 38.2 Å². The number of anilines is 1. The van der Waals surface area contributed by atoms with E-state index in [0.717, 1.165) is 11.8 Å². The molecule has 2 heterocycles. The van der Waals surface area contributed by atoms with E-state index in [1.165, 1.54) is 0 Å². The molecule has 1 fully saturated rings. The predicted molar refractivity (Wildman–Crippen MR) is 103 cm³/mol. The van der Waals surface area contributed by atoms with E-state index >= 15 is 0 Å². The van der Waals surface area contributed by atoms with Crippen molar-refractivity contribution in [3.8, 4) is 0 Å². The van der Waals surface area contributed by atoms with Crippen molar-refractivity contribution in [2.75, 3.05) is 30.3 Å². The maximum atomic E-state index is 12.5. The number of aromatic nitrogens is 2. The zero-order chi connectivity index (χ0) is 19.5. The van der Waals surface area contributed by atoms with Gasteiger partial charge >= 0.3 is 5.97 Å². The summed E-state index contributed by atoms with van der Waals surface area (Å²) in [6.45, 7) is 10.1. The Balaban J connectivity index is 2.06. The van der Waals surface area contributed by atoms with Crippen molar-refractivity contribution in [1.29, 1.82) is 0 Å². The number of halogens is 1. The molecular formula is C17H25ClN4O3S. The molecule has 26 heavy (non-hydrogen) atoms. The Kier molecular flexibility index (Phi) is 6.74. The number of hydrogen-bond donors (Lipinski definition) is 1. The van der Waals surface area contributed by atoms with Gasteiger partial charge in [-0.3, -0.25) is 9.59 Å². The molecule has 1 amide bonds. The lowest BCUT2D eigenvalue weighted by molar-refractivity contribution is -0.135. The molecule has 0 aromatic carbocycles. The van der Waals surface area contributed by atoms with Crippen LogP contribution < -0.4 is 4.90 Å². The molecular weight excluding hydrogens is 376 g/mol. The molecule has 1 N–H and O–H groups in total. The lowest BCUT2D eigenvalue weighted by atomic mass is 9.91. The number of piperazine rings is 1. The number of carbonyl (C=O) groups is 2. The van der Waals surface area contributed by atoms with Crippen molar-refractivity contribution >= 4 is 41.1 Å². The zero-order valence-electron chi connectivity index (χ0n) is 15.5. The molecule has 0 radical (unpaired) electrons. The topological polar surface area (TPSA) is 86.6 Å². The van der Waals surface area contributed by atoms with Crippen LogP contribution in [-0.2, 0) is 9.59 Å². The summed E-state index contributed by atoms with van der Waals surface area (Å²) in [7, 11) is 0. The van der Waals surface area contributed by atoms with Gasteiger partial charge in [0.05, 0.1) is 5.75 Å². The van der Waals surface area contributed by atoms with Crippen molar-refractivity contribution in [2.24, 2.45) is 5.41 Å². The molecule has 144 valence electrons. The van der Waals surface area contributed by atoms with Crippen molar-refractivity contribution in [3.05, 3.63) is 11.2 Å². The van der Waals surface area contributed by atoms with Crippen LogP contribution in [0, 0.1) is 5.41 Å². The molecule has 2 rings (SSSR count). The summed E-state index contributed by atoms with van der Waals surface area (Å²) in [5, 5.41) is 9.42. The van der Waals surface area contributed by atoms with E-state index in [0.29, 0.717) is 37.0 Å². The number of carbonyl (C=O) groups excluding carboxylic acids is 1. The lowest BCUT2D eigenvalue weighted by Gasteiger charge is -2.41. The van der Waals surface area contributed by atoms with Crippen LogP contribution in [0.25, 0.3) is 0 Å². The number of amides is 1. The molecule has 1 saturated heterocycles. The Bertz CT molecular complexity index is 680. The van der Waals surface area contributed by atoms with E-state index < -0.39 is 5.97 Å². The molecule has 1 unspecified atom stereocenters. The van der Waals surface area contributed by atoms with Crippen molar-refractivity contribution in [3.63, 3.8) is 0 Å². The van der Waals surface area contributed by atoms with E-state index in [4.69, 9.17) is 16.7 Å². The summed E-state index contributed by atoms with van der Waals surface area (Å²) in [5.41, 5.74) is -0.0373. The first-order valence-electron chi connectivity index (χ1n) is 8.49. The Hall–Kier alpha value is -1.54. The minimum absolute atomic E-state index is 0.0373. The molecule has 1 aliphatic heterocycles. The van der Waals surface area contributed by atoms with Gasteiger partial charge in [0.1, 0.15) is 11.0 Å². The fourth-order valence-corrected chi connectivity index (χ4v) is 3.63. The highest BCUT2D eigenvalue weighted by atomic mass is 35.5. The van der Waals surface area contributed by atoms with Gasteiger partial charge in [-0.25, -0.2) is 9.97 Å². The Morgan fingerprint density at radius 2 is 2.04 bits per heavy atom. The van der Waals surface area contributed by atoms with E-state index in [-0.39, 0.29) is 28.3 Å². The van der Waals surface area contributed by atoms with Gasteiger partial charge in [0.25, 0.3) is 0 Å². The van der Waals surface area contributed by atoms with Gasteiger partial charge in [-0.05, 0) is 12.3 Å². The molecule has 9 heteroatoms. The number of rotatable bonds is 5. The number of aliphatic carboxylic acids is 1. The smallest absolute Gasteiger partial charge is 0.313 e. The SMILES string of the molecule is CC1CN(c2cc(Cl)nc(SCC(=O)O)n2)CCN1C(=O)CC(C)(C)C. The largest absolute Gasteiger partial charge is 0.481 e. The summed E-state index contributed by atoms with van der Waals surface area (Å²) < 4.78 is 0. The molecule has 1 aliphatic rings. The second-order valence-corrected chi connectivity index (χ2v) is 8.96. The molecule has 0 aliphatic carbocycles. The van der Waals surface area contributed by atoms with E-state index in [1.807, 2.05) is 11.8 Å². The van der Waals surface area contributed by atoms with Crippen LogP contribution in [0.5, 0.6) is 0 Å². The van der Waals surface area contributed by atoms with Gasteiger partial charge in [-0.15, -0.1) is 0 Å². The molecule has 0 spiro atoms. The van der Waals surface area contributed by atoms with Crippen LogP contribution >= 0.6 is 23.4 Å². The van der Waals surface area contributed by atoms with Crippen LogP contribution in [-0.4, -0.2) is 63.3 Å². The first-order valence-corrected chi connectivity index (χ1v) is 9.85. The maximum Gasteiger partial charge on any atom is 0.313 e. The summed E-state index contributed by atoms with van der Waals surface area (Å²) in [4.78, 5) is 35.7. The van der Waals surface area contributed by atoms with Crippen LogP contribution in [0.4, 0.5) is 5.82 Å². The lowest BCUT2D eigenvalue weighted by Crippen LogP contribution is -2.54. The predicted octanol–water partition coefficient (Wildman–Crippen LogP) is 2.78. The molecule has 7 nitrogen and oxygen atoms in total. The van der Waals surface area contributed by atoms with Crippen LogP contribution in [0.3, 0.4) is 0 Å². The van der Waals surface area contributed by atoms with Gasteiger partial charge in [-0.2, -0.15) is 0 Å². The fourth-order valence-electron chi connectivity index (χ4n) is 2.83. The van der Waals surface area contributed by atoms with Gasteiger partial charge in [0.2, 0.25) is 5.91 Å². The Labute approximate surface area is 163 Å². The van der Waals surface area contributed by atoms with Gasteiger partial charge < -0.3 is 14.9 Å². The molecule has 1 aromatic heterocycles. The fraction of sp³-hybridized carbons (Fsp3) is 0.647.